The Bertz CT molecular complexity index is 740. The standard InChI is InChI=1S/C11H16N2O6S2/c1-8-3-4-9(7-10(8)21(18,19)12-2)13-20(16,17)6-5-11(14)15/h3-4,7,12-13H,5-6H2,1-2H3,(H,14,15). The Kier molecular flexibility index (Phi) is 5.31. The summed E-state index contributed by atoms with van der Waals surface area (Å²) >= 11 is 0. The van der Waals surface area contributed by atoms with E-state index in [2.05, 4.69) is 9.44 Å². The highest BCUT2D eigenvalue weighted by Gasteiger charge is 2.18. The molecule has 1 rings (SSSR count). The smallest absolute Gasteiger partial charge is 0.304 e. The first-order chi connectivity index (χ1) is 9.57. The van der Waals surface area contributed by atoms with Crippen LogP contribution in [-0.4, -0.2) is 40.7 Å². The first kappa shape index (κ1) is 17.4. The van der Waals surface area contributed by atoms with Crippen molar-refractivity contribution in [3.8, 4) is 0 Å². The maximum Gasteiger partial charge on any atom is 0.304 e. The van der Waals surface area contributed by atoms with Gasteiger partial charge in [0.1, 0.15) is 0 Å². The summed E-state index contributed by atoms with van der Waals surface area (Å²) < 4.78 is 51.2. The number of carboxylic acid groups (broad SMARTS) is 1. The normalized spacial score (nSPS) is 12.1. The maximum absolute atomic E-state index is 11.8. The number of nitrogens with one attached hydrogen (secondary N) is 2. The minimum Gasteiger partial charge on any atom is -0.481 e. The van der Waals surface area contributed by atoms with Gasteiger partial charge in [-0.1, -0.05) is 6.07 Å². The summed E-state index contributed by atoms with van der Waals surface area (Å²) in [4.78, 5) is 10.3. The molecule has 0 aromatic heterocycles. The first-order valence-electron chi connectivity index (χ1n) is 5.84. The van der Waals surface area contributed by atoms with Crippen LogP contribution in [0.4, 0.5) is 5.69 Å². The second-order valence-corrected chi connectivity index (χ2v) is 7.95. The topological polar surface area (TPSA) is 130 Å². The maximum atomic E-state index is 11.8. The molecule has 0 unspecified atom stereocenters. The highest BCUT2D eigenvalue weighted by atomic mass is 32.2. The molecule has 0 spiro atoms. The van der Waals surface area contributed by atoms with Gasteiger partial charge in [-0.05, 0) is 31.7 Å². The lowest BCUT2D eigenvalue weighted by atomic mass is 10.2. The predicted molar refractivity (Wildman–Crippen MR) is 77.1 cm³/mol. The summed E-state index contributed by atoms with van der Waals surface area (Å²) in [6.45, 7) is 1.58. The Hall–Kier alpha value is -1.65. The van der Waals surface area contributed by atoms with Gasteiger partial charge in [-0.15, -0.1) is 0 Å². The number of hydrogen-bond donors (Lipinski definition) is 3. The van der Waals surface area contributed by atoms with Gasteiger partial charge in [-0.25, -0.2) is 21.6 Å². The second-order valence-electron chi connectivity index (χ2n) is 4.25. The van der Waals surface area contributed by atoms with Gasteiger partial charge in [-0.3, -0.25) is 9.52 Å². The van der Waals surface area contributed by atoms with Crippen LogP contribution in [0.3, 0.4) is 0 Å². The van der Waals surface area contributed by atoms with Gasteiger partial charge in [0.25, 0.3) is 0 Å². The number of aryl methyl sites for hydroxylation is 1. The molecule has 10 heteroatoms. The minimum absolute atomic E-state index is 0.0524. The van der Waals surface area contributed by atoms with Crippen LogP contribution in [0.5, 0.6) is 0 Å². The molecule has 0 saturated heterocycles. The van der Waals surface area contributed by atoms with Crippen molar-refractivity contribution in [1.82, 2.24) is 4.72 Å². The van der Waals surface area contributed by atoms with Crippen molar-refractivity contribution in [2.75, 3.05) is 17.5 Å². The zero-order valence-corrected chi connectivity index (χ0v) is 13.1. The number of hydrogen-bond acceptors (Lipinski definition) is 5. The zero-order valence-electron chi connectivity index (χ0n) is 11.5. The van der Waals surface area contributed by atoms with E-state index in [4.69, 9.17) is 5.11 Å². The zero-order chi connectivity index (χ0) is 16.3. The van der Waals surface area contributed by atoms with Crippen LogP contribution in [0.1, 0.15) is 12.0 Å². The molecule has 0 aliphatic carbocycles. The van der Waals surface area contributed by atoms with Crippen molar-refractivity contribution in [3.63, 3.8) is 0 Å². The Morgan fingerprint density at radius 1 is 1.24 bits per heavy atom. The van der Waals surface area contributed by atoms with E-state index in [9.17, 15) is 21.6 Å². The molecule has 1 aromatic carbocycles. The third-order valence-electron chi connectivity index (χ3n) is 2.60. The van der Waals surface area contributed by atoms with Crippen molar-refractivity contribution < 1.29 is 26.7 Å². The molecule has 0 amide bonds. The van der Waals surface area contributed by atoms with E-state index in [0.717, 1.165) is 0 Å². The Morgan fingerprint density at radius 2 is 1.86 bits per heavy atom. The number of rotatable bonds is 7. The van der Waals surface area contributed by atoms with Gasteiger partial charge in [0.05, 0.1) is 17.1 Å². The molecular formula is C11H16N2O6S2. The number of carbonyl (C=O) groups is 1. The lowest BCUT2D eigenvalue weighted by Gasteiger charge is -2.11. The number of sulfonamides is 2. The first-order valence-corrected chi connectivity index (χ1v) is 8.97. The van der Waals surface area contributed by atoms with Gasteiger partial charge in [0.15, 0.2) is 0 Å². The molecule has 8 nitrogen and oxygen atoms in total. The van der Waals surface area contributed by atoms with E-state index >= 15 is 0 Å². The van der Waals surface area contributed by atoms with Gasteiger partial charge in [-0.2, -0.15) is 0 Å². The molecule has 0 bridgehead atoms. The van der Waals surface area contributed by atoms with Crippen LogP contribution >= 0.6 is 0 Å². The average Bonchev–Trinajstić information content (AvgIpc) is 2.38. The van der Waals surface area contributed by atoms with Gasteiger partial charge in [0, 0.05) is 5.69 Å². The lowest BCUT2D eigenvalue weighted by Crippen LogP contribution is -2.21. The lowest BCUT2D eigenvalue weighted by molar-refractivity contribution is -0.136. The van der Waals surface area contributed by atoms with Gasteiger partial charge < -0.3 is 5.11 Å². The van der Waals surface area contributed by atoms with Crippen LogP contribution < -0.4 is 9.44 Å². The number of aliphatic carboxylic acids is 1. The third kappa shape index (κ3) is 4.99. The third-order valence-corrected chi connectivity index (χ3v) is 5.45. The molecule has 118 valence electrons. The SMILES string of the molecule is CNS(=O)(=O)c1cc(NS(=O)(=O)CCC(=O)O)ccc1C. The summed E-state index contributed by atoms with van der Waals surface area (Å²) in [6.07, 6.45) is -0.539. The van der Waals surface area contributed by atoms with Crippen LogP contribution in [0.2, 0.25) is 0 Å². The molecule has 3 N–H and O–H groups in total. The fourth-order valence-electron chi connectivity index (χ4n) is 1.52. The van der Waals surface area contributed by atoms with Crippen molar-refractivity contribution in [2.24, 2.45) is 0 Å². The summed E-state index contributed by atoms with van der Waals surface area (Å²) in [7, 11) is -6.32. The molecule has 0 atom stereocenters. The molecule has 0 aliphatic rings. The van der Waals surface area contributed by atoms with E-state index in [-0.39, 0.29) is 10.6 Å². The fourth-order valence-corrected chi connectivity index (χ4v) is 3.54. The molecule has 0 radical (unpaired) electrons. The minimum atomic E-state index is -3.86. The van der Waals surface area contributed by atoms with Crippen molar-refractivity contribution >= 4 is 31.7 Å². The van der Waals surface area contributed by atoms with E-state index in [1.807, 2.05) is 0 Å². The molecule has 1 aromatic rings. The van der Waals surface area contributed by atoms with Crippen LogP contribution in [-0.2, 0) is 24.8 Å². The Morgan fingerprint density at radius 3 is 2.38 bits per heavy atom. The Labute approximate surface area is 123 Å². The molecule has 0 saturated carbocycles. The fraction of sp³-hybridized carbons (Fsp3) is 0.364. The molecule has 21 heavy (non-hydrogen) atoms. The largest absolute Gasteiger partial charge is 0.481 e. The van der Waals surface area contributed by atoms with Crippen LogP contribution in [0, 0.1) is 6.92 Å². The van der Waals surface area contributed by atoms with Crippen LogP contribution in [0.15, 0.2) is 23.1 Å². The molecule has 0 aliphatic heterocycles. The van der Waals surface area contributed by atoms with Crippen molar-refractivity contribution in [1.29, 1.82) is 0 Å². The van der Waals surface area contributed by atoms with Gasteiger partial charge >= 0.3 is 5.97 Å². The summed E-state index contributed by atoms with van der Waals surface area (Å²) in [5.41, 5.74) is 0.512. The molecule has 0 fully saturated rings. The van der Waals surface area contributed by atoms with Gasteiger partial charge in [0.2, 0.25) is 20.0 Å². The monoisotopic (exact) mass is 336 g/mol. The predicted octanol–water partition coefficient (Wildman–Crippen LogP) is 0.120. The van der Waals surface area contributed by atoms with E-state index in [1.54, 1.807) is 6.92 Å². The molecule has 0 heterocycles. The van der Waals surface area contributed by atoms with Crippen LogP contribution in [0.25, 0.3) is 0 Å². The summed E-state index contributed by atoms with van der Waals surface area (Å²) in [5, 5.41) is 8.48. The number of anilines is 1. The quantitative estimate of drug-likeness (QED) is 0.648. The van der Waals surface area contributed by atoms with E-state index in [1.165, 1.54) is 25.2 Å². The number of benzene rings is 1. The van der Waals surface area contributed by atoms with Crippen molar-refractivity contribution in [3.05, 3.63) is 23.8 Å². The second kappa shape index (κ2) is 6.41. The van der Waals surface area contributed by atoms with E-state index in [0.29, 0.717) is 5.56 Å². The average molecular weight is 336 g/mol. The van der Waals surface area contributed by atoms with Crippen molar-refractivity contribution in [2.45, 2.75) is 18.2 Å². The number of carboxylic acids is 1. The molecular weight excluding hydrogens is 320 g/mol. The van der Waals surface area contributed by atoms with E-state index < -0.39 is 38.2 Å². The highest BCUT2D eigenvalue weighted by molar-refractivity contribution is 7.92. The highest BCUT2D eigenvalue weighted by Crippen LogP contribution is 2.20. The summed E-state index contributed by atoms with van der Waals surface area (Å²) in [5.74, 6) is -1.83. The summed E-state index contributed by atoms with van der Waals surface area (Å²) in [6, 6.07) is 4.04. The Balaban J connectivity index is 3.07.